The Hall–Kier alpha value is -1.58. The molecule has 0 bridgehead atoms. The van der Waals surface area contributed by atoms with E-state index >= 15 is 0 Å². The highest BCUT2D eigenvalue weighted by molar-refractivity contribution is 5.88. The number of hydrogen-bond acceptors (Lipinski definition) is 3. The summed E-state index contributed by atoms with van der Waals surface area (Å²) in [6.07, 6.45) is -0.602. The summed E-state index contributed by atoms with van der Waals surface area (Å²) in [7, 11) is 1.64. The number of β-amino-alcohol motifs (C(OH)–C–C–N with tert-alkyl or cyclic N) is 1. The first kappa shape index (κ1) is 14.8. The fourth-order valence-electron chi connectivity index (χ4n) is 2.30. The summed E-state index contributed by atoms with van der Waals surface area (Å²) in [5, 5.41) is 16.0. The molecular formula is C17H23NO2. The van der Waals surface area contributed by atoms with Gasteiger partial charge < -0.3 is 15.2 Å². The summed E-state index contributed by atoms with van der Waals surface area (Å²) >= 11 is 0. The van der Waals surface area contributed by atoms with Crippen molar-refractivity contribution in [3.05, 3.63) is 42.0 Å². The Kier molecular flexibility index (Phi) is 4.31. The molecule has 0 aliphatic heterocycles. The van der Waals surface area contributed by atoms with Gasteiger partial charge in [0.05, 0.1) is 13.2 Å². The predicted octanol–water partition coefficient (Wildman–Crippen LogP) is 3.27. The summed E-state index contributed by atoms with van der Waals surface area (Å²) in [4.78, 5) is 0. The van der Waals surface area contributed by atoms with Gasteiger partial charge in [-0.3, -0.25) is 0 Å². The Morgan fingerprint density at radius 1 is 1.15 bits per heavy atom. The maximum absolute atomic E-state index is 10.6. The number of benzene rings is 2. The van der Waals surface area contributed by atoms with E-state index in [4.69, 9.17) is 4.74 Å². The zero-order valence-electron chi connectivity index (χ0n) is 12.6. The van der Waals surface area contributed by atoms with Crippen LogP contribution in [-0.4, -0.2) is 24.3 Å². The van der Waals surface area contributed by atoms with Crippen LogP contribution < -0.4 is 10.1 Å². The number of ether oxygens (including phenoxy) is 1. The molecule has 0 aliphatic rings. The lowest BCUT2D eigenvalue weighted by Gasteiger charge is -2.24. The molecule has 20 heavy (non-hydrogen) atoms. The Balaban J connectivity index is 2.40. The summed E-state index contributed by atoms with van der Waals surface area (Å²) in [5.74, 6) is 0.729. The highest BCUT2D eigenvalue weighted by atomic mass is 16.5. The molecule has 0 aromatic heterocycles. The molecule has 2 rings (SSSR count). The van der Waals surface area contributed by atoms with Crippen molar-refractivity contribution in [2.75, 3.05) is 13.7 Å². The largest absolute Gasteiger partial charge is 0.496 e. The highest BCUT2D eigenvalue weighted by Gasteiger charge is 2.19. The van der Waals surface area contributed by atoms with E-state index in [9.17, 15) is 5.11 Å². The molecule has 3 heteroatoms. The van der Waals surface area contributed by atoms with Crippen LogP contribution in [0.2, 0.25) is 0 Å². The lowest BCUT2D eigenvalue weighted by atomic mass is 9.98. The summed E-state index contributed by atoms with van der Waals surface area (Å²) in [6.45, 7) is 6.74. The van der Waals surface area contributed by atoms with Crippen molar-refractivity contribution in [2.45, 2.75) is 32.4 Å². The fraction of sp³-hybridized carbons (Fsp3) is 0.412. The molecule has 0 spiro atoms. The Bertz CT molecular complexity index is 587. The van der Waals surface area contributed by atoms with E-state index in [-0.39, 0.29) is 5.54 Å². The van der Waals surface area contributed by atoms with Gasteiger partial charge in [0.25, 0.3) is 0 Å². The van der Waals surface area contributed by atoms with Gasteiger partial charge in [0.2, 0.25) is 0 Å². The number of hydrogen-bond donors (Lipinski definition) is 2. The van der Waals surface area contributed by atoms with Gasteiger partial charge in [-0.15, -0.1) is 0 Å². The van der Waals surface area contributed by atoms with Crippen LogP contribution >= 0.6 is 0 Å². The molecule has 0 heterocycles. The molecule has 0 saturated heterocycles. The molecule has 2 aromatic carbocycles. The van der Waals surface area contributed by atoms with Gasteiger partial charge in [-0.2, -0.15) is 0 Å². The molecular weight excluding hydrogens is 250 g/mol. The molecule has 108 valence electrons. The van der Waals surface area contributed by atoms with Crippen molar-refractivity contribution in [3.8, 4) is 5.75 Å². The average Bonchev–Trinajstić information content (AvgIpc) is 2.42. The molecule has 1 unspecified atom stereocenters. The second kappa shape index (κ2) is 5.81. The Labute approximate surface area is 120 Å². The number of methoxy groups -OCH3 is 1. The molecule has 2 aromatic rings. The first-order valence-electron chi connectivity index (χ1n) is 6.91. The third kappa shape index (κ3) is 3.30. The summed E-state index contributed by atoms with van der Waals surface area (Å²) in [5.41, 5.74) is 0.820. The molecule has 2 N–H and O–H groups in total. The van der Waals surface area contributed by atoms with Crippen LogP contribution in [0.5, 0.6) is 5.75 Å². The van der Waals surface area contributed by atoms with Gasteiger partial charge in [0, 0.05) is 17.6 Å². The highest BCUT2D eigenvalue weighted by Crippen LogP contribution is 2.33. The van der Waals surface area contributed by atoms with E-state index in [2.05, 4.69) is 26.1 Å². The first-order chi connectivity index (χ1) is 9.42. The SMILES string of the molecule is COc1ccc2ccccc2c1C(O)CNC(C)(C)C. The summed E-state index contributed by atoms with van der Waals surface area (Å²) in [6, 6.07) is 12.0. The van der Waals surface area contributed by atoms with Gasteiger partial charge >= 0.3 is 0 Å². The second-order valence-electron chi connectivity index (χ2n) is 6.05. The lowest BCUT2D eigenvalue weighted by molar-refractivity contribution is 0.161. The van der Waals surface area contributed by atoms with Gasteiger partial charge in [-0.1, -0.05) is 30.3 Å². The molecule has 1 atom stereocenters. The maximum Gasteiger partial charge on any atom is 0.125 e. The quantitative estimate of drug-likeness (QED) is 0.898. The van der Waals surface area contributed by atoms with Crippen molar-refractivity contribution in [1.82, 2.24) is 5.32 Å². The van der Waals surface area contributed by atoms with Crippen molar-refractivity contribution < 1.29 is 9.84 Å². The van der Waals surface area contributed by atoms with Crippen LogP contribution in [0.4, 0.5) is 0 Å². The zero-order chi connectivity index (χ0) is 14.8. The van der Waals surface area contributed by atoms with Crippen LogP contribution in [0, 0.1) is 0 Å². The number of rotatable bonds is 4. The van der Waals surface area contributed by atoms with Gasteiger partial charge in [-0.25, -0.2) is 0 Å². The van der Waals surface area contributed by atoms with E-state index < -0.39 is 6.10 Å². The van der Waals surface area contributed by atoms with Crippen LogP contribution in [-0.2, 0) is 0 Å². The summed E-state index contributed by atoms with van der Waals surface area (Å²) < 4.78 is 5.42. The van der Waals surface area contributed by atoms with Gasteiger partial charge in [0.1, 0.15) is 5.75 Å². The van der Waals surface area contributed by atoms with Crippen LogP contribution in [0.3, 0.4) is 0 Å². The molecule has 3 nitrogen and oxygen atoms in total. The first-order valence-corrected chi connectivity index (χ1v) is 6.91. The third-order valence-electron chi connectivity index (χ3n) is 3.31. The molecule has 0 radical (unpaired) electrons. The van der Waals surface area contributed by atoms with E-state index in [0.717, 1.165) is 22.1 Å². The molecule has 0 fully saturated rings. The standard InChI is InChI=1S/C17H23NO2/c1-17(2,3)18-11-14(19)16-13-8-6-5-7-12(13)9-10-15(16)20-4/h5-10,14,18-19H,11H2,1-4H3. The topological polar surface area (TPSA) is 41.5 Å². The predicted molar refractivity (Wildman–Crippen MR) is 83.2 cm³/mol. The van der Waals surface area contributed by atoms with Crippen LogP contribution in [0.25, 0.3) is 10.8 Å². The normalized spacial score (nSPS) is 13.4. The minimum absolute atomic E-state index is 0.0290. The second-order valence-corrected chi connectivity index (χ2v) is 6.05. The molecule has 0 aliphatic carbocycles. The van der Waals surface area contributed by atoms with E-state index in [1.807, 2.05) is 36.4 Å². The van der Waals surface area contributed by atoms with E-state index in [1.54, 1.807) is 7.11 Å². The monoisotopic (exact) mass is 273 g/mol. The van der Waals surface area contributed by atoms with Crippen molar-refractivity contribution >= 4 is 10.8 Å². The van der Waals surface area contributed by atoms with Crippen LogP contribution in [0.1, 0.15) is 32.4 Å². The van der Waals surface area contributed by atoms with Crippen molar-refractivity contribution in [2.24, 2.45) is 0 Å². The fourth-order valence-corrected chi connectivity index (χ4v) is 2.30. The lowest BCUT2D eigenvalue weighted by Crippen LogP contribution is -2.38. The number of nitrogens with one attached hydrogen (secondary N) is 1. The zero-order valence-corrected chi connectivity index (χ0v) is 12.6. The number of aliphatic hydroxyl groups is 1. The van der Waals surface area contributed by atoms with Crippen LogP contribution in [0.15, 0.2) is 36.4 Å². The van der Waals surface area contributed by atoms with Crippen molar-refractivity contribution in [3.63, 3.8) is 0 Å². The number of aliphatic hydroxyl groups excluding tert-OH is 1. The average molecular weight is 273 g/mol. The molecule has 0 saturated carbocycles. The smallest absolute Gasteiger partial charge is 0.125 e. The molecule has 0 amide bonds. The van der Waals surface area contributed by atoms with E-state index in [0.29, 0.717) is 6.54 Å². The minimum Gasteiger partial charge on any atom is -0.496 e. The van der Waals surface area contributed by atoms with Gasteiger partial charge in [-0.05, 0) is 37.6 Å². The Morgan fingerprint density at radius 3 is 2.50 bits per heavy atom. The van der Waals surface area contributed by atoms with Crippen molar-refractivity contribution in [1.29, 1.82) is 0 Å². The maximum atomic E-state index is 10.6. The minimum atomic E-state index is -0.602. The van der Waals surface area contributed by atoms with Gasteiger partial charge in [0.15, 0.2) is 0 Å². The third-order valence-corrected chi connectivity index (χ3v) is 3.31. The number of fused-ring (bicyclic) bond motifs is 1. The van der Waals surface area contributed by atoms with E-state index in [1.165, 1.54) is 0 Å². The Morgan fingerprint density at radius 2 is 1.85 bits per heavy atom.